The van der Waals surface area contributed by atoms with E-state index in [1.165, 1.54) is 219 Å². The fraction of sp³-hybridized carbons (Fsp3) is 0.960. The summed E-state index contributed by atoms with van der Waals surface area (Å²) in [7, 11) is -26.8. The van der Waals surface area contributed by atoms with Gasteiger partial charge in [0.25, 0.3) is 0 Å². The van der Waals surface area contributed by atoms with Crippen molar-refractivity contribution in [3.8, 4) is 0 Å². The number of hydrogen-bond acceptors (Lipinski definition) is 12. The number of halogens is 13. The molecule has 0 aliphatic carbocycles. The summed E-state index contributed by atoms with van der Waals surface area (Å²) in [6.45, 7) is 7.26. The number of alkyl halides is 12. The fourth-order valence-corrected chi connectivity index (χ4v) is 19.4. The van der Waals surface area contributed by atoms with Crippen LogP contribution >= 0.6 is 0 Å². The van der Waals surface area contributed by atoms with Gasteiger partial charge in [-0.15, -0.1) is 0 Å². The SMILES string of the molecule is CCCCCCCCCCCCCCCCCC[N+](C)(C)C.CCCCCCCCCCCCCCCCCC[N+](C)(C)C.CS(=O)(=O)[C-](S(=O)(=O)C(F)(F)F)S(=O)(=O)C(F)(F)F.CS(=O)(=O)[C-](S(=O)(=O)C(F)(F)F)S(=O)(=O)C(F)(F)F.[Cl-].[K+]. The van der Waals surface area contributed by atoms with Gasteiger partial charge in [0.15, 0.2) is 39.3 Å². The molecular formula is C50H98ClF12KN2O12S6. The van der Waals surface area contributed by atoms with Gasteiger partial charge >= 0.3 is 73.4 Å². The first-order valence-corrected chi connectivity index (χ1v) is 37.6. The Morgan fingerprint density at radius 2 is 0.393 bits per heavy atom. The van der Waals surface area contributed by atoms with Crippen LogP contribution in [-0.4, -0.2) is 149 Å². The number of hydrogen-bond donors (Lipinski definition) is 0. The third kappa shape index (κ3) is 45.1. The standard InChI is InChI=1S/2C21H46N.2C4H3F6O6S3.ClH.K/c2*1-5-6-7-8-9-10-11-12-13-14-15-16-17-18-19-20-21-22(2,3)4;2*1-17(11,12)2(18(13,14)3(5,6)7)19(15,16)4(8,9)10;;/h2*5-21H2,1-4H3;2*1H3;1H;/q2*+1;2*-1;;+1/p-1. The second kappa shape index (κ2) is 45.1. The Balaban J connectivity index is -0.000000240. The molecule has 0 aromatic carbocycles. The first-order valence-electron chi connectivity index (χ1n) is 27.9. The molecule has 34 heteroatoms. The Kier molecular flexibility index (Phi) is 51.4. The van der Waals surface area contributed by atoms with Crippen LogP contribution in [0.5, 0.6) is 0 Å². The maximum absolute atomic E-state index is 12.0. The Hall–Kier alpha value is 0.706. The molecule has 0 N–H and O–H groups in total. The first kappa shape index (κ1) is 95.8. The summed E-state index contributed by atoms with van der Waals surface area (Å²) < 4.78 is 268. The smallest absolute Gasteiger partial charge is 1.00 e. The molecule has 0 amide bonds. The van der Waals surface area contributed by atoms with Gasteiger partial charge in [-0.3, -0.25) is 50.5 Å². The molecule has 0 heterocycles. The van der Waals surface area contributed by atoms with Crippen LogP contribution < -0.4 is 63.8 Å². The van der Waals surface area contributed by atoms with Crippen molar-refractivity contribution in [2.75, 3.05) is 67.9 Å². The molecule has 0 bridgehead atoms. The van der Waals surface area contributed by atoms with Gasteiger partial charge in [0.05, 0.1) is 82.9 Å². The molecular weight excluding hydrogens is 1320 g/mol. The van der Waals surface area contributed by atoms with Crippen LogP contribution in [0.4, 0.5) is 52.7 Å². The van der Waals surface area contributed by atoms with E-state index in [2.05, 4.69) is 56.1 Å². The van der Waals surface area contributed by atoms with Gasteiger partial charge in [-0.2, -0.15) is 52.7 Å². The molecule has 0 aromatic heterocycles. The van der Waals surface area contributed by atoms with Crippen LogP contribution in [0.25, 0.3) is 0 Å². The van der Waals surface area contributed by atoms with Gasteiger partial charge in [-0.1, -0.05) is 194 Å². The summed E-state index contributed by atoms with van der Waals surface area (Å²) in [6.07, 6.45) is 45.9. The number of quaternary nitrogens is 2. The number of sulfone groups is 6. The zero-order valence-corrected chi connectivity index (χ0v) is 60.0. The van der Waals surface area contributed by atoms with Crippen LogP contribution in [0.1, 0.15) is 219 Å². The Bertz CT molecular complexity index is 2130. The average molecular weight is 1410 g/mol. The summed E-state index contributed by atoms with van der Waals surface area (Å²) in [5.41, 5.74) is -26.1. The van der Waals surface area contributed by atoms with E-state index < -0.39 is 101 Å². The van der Waals surface area contributed by atoms with Crippen molar-refractivity contribution in [1.29, 1.82) is 0 Å². The van der Waals surface area contributed by atoms with Crippen molar-refractivity contribution in [2.45, 2.75) is 241 Å². The minimum Gasteiger partial charge on any atom is -1.00 e. The molecule has 0 atom stereocenters. The van der Waals surface area contributed by atoms with Gasteiger partial charge in [0.1, 0.15) is 0 Å². The minimum absolute atomic E-state index is 0. The maximum atomic E-state index is 12.0. The predicted octanol–water partition coefficient (Wildman–Crippen LogP) is 8.61. The van der Waals surface area contributed by atoms with Crippen molar-refractivity contribution < 1.29 is 176 Å². The normalized spacial score (nSPS) is 13.4. The van der Waals surface area contributed by atoms with E-state index in [9.17, 15) is 103 Å². The summed E-state index contributed by atoms with van der Waals surface area (Å²) >= 11 is 0. The molecule has 84 heavy (non-hydrogen) atoms. The largest absolute Gasteiger partial charge is 1.00 e. The first-order chi connectivity index (χ1) is 36.9. The topological polar surface area (TPSA) is 205 Å². The van der Waals surface area contributed by atoms with E-state index >= 15 is 0 Å². The van der Waals surface area contributed by atoms with Crippen LogP contribution in [0.2, 0.25) is 0 Å². The molecule has 0 spiro atoms. The second-order valence-electron chi connectivity index (χ2n) is 22.5. The van der Waals surface area contributed by atoms with Gasteiger partial charge in [-0.05, 0) is 25.7 Å². The number of unbranched alkanes of at least 4 members (excludes halogenated alkanes) is 30. The van der Waals surface area contributed by atoms with E-state index in [-0.39, 0.29) is 63.8 Å². The Morgan fingerprint density at radius 3 is 0.488 bits per heavy atom. The van der Waals surface area contributed by atoms with Gasteiger partial charge in [0, 0.05) is 12.5 Å². The molecule has 0 saturated heterocycles. The van der Waals surface area contributed by atoms with Crippen LogP contribution in [-0.2, 0) is 59.0 Å². The predicted molar refractivity (Wildman–Crippen MR) is 301 cm³/mol. The molecule has 0 saturated carbocycles. The van der Waals surface area contributed by atoms with E-state index in [0.29, 0.717) is 0 Å². The Labute approximate surface area is 546 Å². The molecule has 508 valence electrons. The molecule has 0 fully saturated rings. The third-order valence-corrected chi connectivity index (χ3v) is 26.4. The monoisotopic (exact) mass is 1410 g/mol. The molecule has 0 radical (unpaired) electrons. The van der Waals surface area contributed by atoms with Crippen LogP contribution in [0, 0.1) is 7.83 Å². The summed E-state index contributed by atoms with van der Waals surface area (Å²) in [6, 6.07) is 0. The minimum atomic E-state index is -7.22. The molecule has 0 aliphatic rings. The van der Waals surface area contributed by atoms with Gasteiger partial charge in [-0.25, -0.2) is 0 Å². The number of rotatable bonds is 40. The molecule has 0 aliphatic heterocycles. The van der Waals surface area contributed by atoms with Crippen LogP contribution in [0.3, 0.4) is 0 Å². The molecule has 0 rings (SSSR count). The summed E-state index contributed by atoms with van der Waals surface area (Å²) in [5.74, 6) is 0. The maximum Gasteiger partial charge on any atom is 1.00 e. The summed E-state index contributed by atoms with van der Waals surface area (Å²) in [4.78, 5) is 0. The van der Waals surface area contributed by atoms with Crippen LogP contribution in [0.15, 0.2) is 0 Å². The van der Waals surface area contributed by atoms with Gasteiger partial charge in [0.2, 0.25) is 0 Å². The fourth-order valence-electron chi connectivity index (χ4n) is 7.73. The van der Waals surface area contributed by atoms with Crippen molar-refractivity contribution in [1.82, 2.24) is 0 Å². The van der Waals surface area contributed by atoms with E-state index in [1.807, 2.05) is 0 Å². The average Bonchev–Trinajstić information content (AvgIpc) is 3.26. The number of nitrogens with zero attached hydrogens (tertiary/aromatic N) is 2. The summed E-state index contributed by atoms with van der Waals surface area (Å²) in [5, 5.41) is 0. The van der Waals surface area contributed by atoms with Crippen molar-refractivity contribution in [3.63, 3.8) is 0 Å². The molecule has 14 nitrogen and oxygen atoms in total. The second-order valence-corrected chi connectivity index (χ2v) is 35.4. The Morgan fingerprint density at radius 1 is 0.274 bits per heavy atom. The quantitative estimate of drug-likeness (QED) is 0.0186. The zero-order valence-electron chi connectivity index (χ0n) is 51.2. The van der Waals surface area contributed by atoms with E-state index in [1.54, 1.807) is 0 Å². The van der Waals surface area contributed by atoms with Crippen molar-refractivity contribution in [3.05, 3.63) is 7.83 Å². The zero-order chi connectivity index (χ0) is 65.2. The van der Waals surface area contributed by atoms with Crippen molar-refractivity contribution in [2.24, 2.45) is 0 Å². The van der Waals surface area contributed by atoms with E-state index in [0.717, 1.165) is 8.97 Å². The van der Waals surface area contributed by atoms with Gasteiger partial charge < -0.3 is 21.4 Å². The molecule has 0 unspecified atom stereocenters. The van der Waals surface area contributed by atoms with Crippen molar-refractivity contribution >= 4 is 59.0 Å². The van der Waals surface area contributed by atoms with E-state index in [4.69, 9.17) is 0 Å². The third-order valence-electron chi connectivity index (χ3n) is 12.1. The molecule has 0 aromatic rings.